The Morgan fingerprint density at radius 2 is 1.77 bits per heavy atom. The Morgan fingerprint density at radius 3 is 2.52 bits per heavy atom. The maximum Gasteiger partial charge on any atom is 0.313 e. The van der Waals surface area contributed by atoms with E-state index in [1.807, 2.05) is 37.4 Å². The lowest BCUT2D eigenvalue weighted by atomic mass is 9.97. The minimum Gasteiger partial charge on any atom is -0.346 e. The molecule has 3 aromatic rings. The Kier molecular flexibility index (Phi) is 6.38. The Morgan fingerprint density at radius 1 is 1.00 bits per heavy atom. The van der Waals surface area contributed by atoms with Gasteiger partial charge in [-0.05, 0) is 48.2 Å². The molecule has 31 heavy (non-hydrogen) atoms. The lowest BCUT2D eigenvalue weighted by Gasteiger charge is -2.35. The van der Waals surface area contributed by atoms with Gasteiger partial charge in [0, 0.05) is 37.7 Å². The van der Waals surface area contributed by atoms with E-state index in [0.717, 1.165) is 30.6 Å². The standard InChI is InChI=1S/C25H26N4O2/c1-18-8-10-22(11-9-18)28-25(31)24(30)27-16-23(20-7-4-13-26-15-20)29-14-12-19-5-2-3-6-21(19)17-29/h2-11,13,15,23H,12,14,16-17H2,1H3,(H,27,30)(H,28,31)/t23-/m0/s1. The summed E-state index contributed by atoms with van der Waals surface area (Å²) in [5.74, 6) is -1.32. The van der Waals surface area contributed by atoms with Gasteiger partial charge in [-0.15, -0.1) is 0 Å². The number of carbonyl (C=O) groups is 2. The fourth-order valence-corrected chi connectivity index (χ4v) is 3.91. The monoisotopic (exact) mass is 414 g/mol. The third-order valence-electron chi connectivity index (χ3n) is 5.64. The zero-order chi connectivity index (χ0) is 21.6. The van der Waals surface area contributed by atoms with E-state index >= 15 is 0 Å². The number of rotatable bonds is 5. The van der Waals surface area contributed by atoms with E-state index < -0.39 is 11.8 Å². The average molecular weight is 415 g/mol. The Labute approximate surface area is 182 Å². The van der Waals surface area contributed by atoms with Gasteiger partial charge in [0.25, 0.3) is 0 Å². The van der Waals surface area contributed by atoms with E-state index in [4.69, 9.17) is 0 Å². The summed E-state index contributed by atoms with van der Waals surface area (Å²) < 4.78 is 0. The summed E-state index contributed by atoms with van der Waals surface area (Å²) in [5, 5.41) is 5.46. The number of benzene rings is 2. The van der Waals surface area contributed by atoms with Gasteiger partial charge in [0.1, 0.15) is 0 Å². The van der Waals surface area contributed by atoms with Crippen LogP contribution in [0.5, 0.6) is 0 Å². The number of hydrogen-bond acceptors (Lipinski definition) is 4. The fraction of sp³-hybridized carbons (Fsp3) is 0.240. The molecule has 0 fully saturated rings. The first-order valence-electron chi connectivity index (χ1n) is 10.5. The zero-order valence-electron chi connectivity index (χ0n) is 17.5. The second-order valence-electron chi connectivity index (χ2n) is 7.82. The third kappa shape index (κ3) is 5.16. The molecule has 1 aliphatic rings. The summed E-state index contributed by atoms with van der Waals surface area (Å²) in [6.45, 7) is 3.97. The minimum atomic E-state index is -0.669. The number of anilines is 1. The number of amides is 2. The number of carbonyl (C=O) groups excluding carboxylic acids is 2. The van der Waals surface area contributed by atoms with Crippen LogP contribution < -0.4 is 10.6 Å². The number of aryl methyl sites for hydroxylation is 1. The first-order valence-corrected chi connectivity index (χ1v) is 10.5. The van der Waals surface area contributed by atoms with Crippen molar-refractivity contribution in [3.63, 3.8) is 0 Å². The molecule has 1 aromatic heterocycles. The maximum atomic E-state index is 12.5. The van der Waals surface area contributed by atoms with Crippen molar-refractivity contribution in [2.24, 2.45) is 0 Å². The molecule has 2 aromatic carbocycles. The van der Waals surface area contributed by atoms with Crippen LogP contribution in [0.15, 0.2) is 73.1 Å². The summed E-state index contributed by atoms with van der Waals surface area (Å²) in [4.78, 5) is 31.4. The van der Waals surface area contributed by atoms with Gasteiger partial charge >= 0.3 is 11.8 Å². The Balaban J connectivity index is 1.44. The molecule has 0 bridgehead atoms. The van der Waals surface area contributed by atoms with Gasteiger partial charge < -0.3 is 10.6 Å². The summed E-state index contributed by atoms with van der Waals surface area (Å²) in [7, 11) is 0. The summed E-state index contributed by atoms with van der Waals surface area (Å²) in [5.41, 5.74) is 5.37. The van der Waals surface area contributed by atoms with Crippen molar-refractivity contribution < 1.29 is 9.59 Å². The number of nitrogens with one attached hydrogen (secondary N) is 2. The molecule has 1 aliphatic heterocycles. The Hall–Kier alpha value is -3.51. The van der Waals surface area contributed by atoms with Crippen LogP contribution in [-0.2, 0) is 22.6 Å². The largest absolute Gasteiger partial charge is 0.346 e. The number of hydrogen-bond donors (Lipinski definition) is 2. The van der Waals surface area contributed by atoms with Gasteiger partial charge in [-0.1, -0.05) is 48.0 Å². The van der Waals surface area contributed by atoms with Gasteiger partial charge in [0.05, 0.1) is 6.04 Å². The van der Waals surface area contributed by atoms with E-state index in [9.17, 15) is 9.59 Å². The lowest BCUT2D eigenvalue weighted by Crippen LogP contribution is -2.43. The molecule has 2 amide bonds. The predicted octanol–water partition coefficient (Wildman–Crippen LogP) is 3.24. The second kappa shape index (κ2) is 9.53. The van der Waals surface area contributed by atoms with Crippen molar-refractivity contribution >= 4 is 17.5 Å². The molecular weight excluding hydrogens is 388 g/mol. The van der Waals surface area contributed by atoms with Gasteiger partial charge in [0.15, 0.2) is 0 Å². The summed E-state index contributed by atoms with van der Waals surface area (Å²) in [6.07, 6.45) is 4.51. The van der Waals surface area contributed by atoms with Crippen molar-refractivity contribution in [3.8, 4) is 0 Å². The molecule has 6 heteroatoms. The van der Waals surface area contributed by atoms with E-state index in [-0.39, 0.29) is 6.04 Å². The van der Waals surface area contributed by atoms with E-state index in [1.165, 1.54) is 11.1 Å². The number of aromatic nitrogens is 1. The van der Waals surface area contributed by atoms with Crippen LogP contribution in [0.3, 0.4) is 0 Å². The molecule has 2 N–H and O–H groups in total. The molecule has 6 nitrogen and oxygen atoms in total. The molecule has 0 aliphatic carbocycles. The maximum absolute atomic E-state index is 12.5. The molecule has 158 valence electrons. The number of fused-ring (bicyclic) bond motifs is 1. The molecule has 0 saturated heterocycles. The van der Waals surface area contributed by atoms with Crippen molar-refractivity contribution in [3.05, 3.63) is 95.3 Å². The first kappa shape index (κ1) is 20.8. The SMILES string of the molecule is Cc1ccc(NC(=O)C(=O)NC[C@@H](c2cccnc2)N2CCc3ccccc3C2)cc1. The van der Waals surface area contributed by atoms with Gasteiger partial charge in [-0.25, -0.2) is 0 Å². The van der Waals surface area contributed by atoms with E-state index in [1.54, 1.807) is 18.3 Å². The highest BCUT2D eigenvalue weighted by Crippen LogP contribution is 2.27. The van der Waals surface area contributed by atoms with E-state index in [0.29, 0.717) is 12.2 Å². The van der Waals surface area contributed by atoms with Crippen LogP contribution in [0.25, 0.3) is 0 Å². The van der Waals surface area contributed by atoms with Gasteiger partial charge in [-0.3, -0.25) is 19.5 Å². The van der Waals surface area contributed by atoms with Crippen LogP contribution >= 0.6 is 0 Å². The summed E-state index contributed by atoms with van der Waals surface area (Å²) in [6, 6.07) is 19.6. The van der Waals surface area contributed by atoms with Crippen LogP contribution in [0.2, 0.25) is 0 Å². The van der Waals surface area contributed by atoms with Crippen molar-refractivity contribution in [1.82, 2.24) is 15.2 Å². The second-order valence-corrected chi connectivity index (χ2v) is 7.82. The zero-order valence-corrected chi connectivity index (χ0v) is 17.5. The number of nitrogens with zero attached hydrogens (tertiary/aromatic N) is 2. The molecule has 0 saturated carbocycles. The molecule has 0 radical (unpaired) electrons. The fourth-order valence-electron chi connectivity index (χ4n) is 3.91. The molecule has 2 heterocycles. The normalized spacial score (nSPS) is 14.4. The smallest absolute Gasteiger partial charge is 0.313 e. The van der Waals surface area contributed by atoms with Crippen LogP contribution in [0, 0.1) is 6.92 Å². The highest BCUT2D eigenvalue weighted by Gasteiger charge is 2.26. The molecule has 0 spiro atoms. The molecule has 4 rings (SSSR count). The first-order chi connectivity index (χ1) is 15.1. The minimum absolute atomic E-state index is 0.0711. The van der Waals surface area contributed by atoms with Crippen LogP contribution in [0.4, 0.5) is 5.69 Å². The molecule has 0 unspecified atom stereocenters. The average Bonchev–Trinajstić information content (AvgIpc) is 2.81. The van der Waals surface area contributed by atoms with Crippen molar-refractivity contribution in [2.45, 2.75) is 25.9 Å². The van der Waals surface area contributed by atoms with Crippen LogP contribution in [-0.4, -0.2) is 34.8 Å². The quantitative estimate of drug-likeness (QED) is 0.629. The highest BCUT2D eigenvalue weighted by molar-refractivity contribution is 6.39. The summed E-state index contributed by atoms with van der Waals surface area (Å²) >= 11 is 0. The van der Waals surface area contributed by atoms with E-state index in [2.05, 4.69) is 44.8 Å². The highest BCUT2D eigenvalue weighted by atomic mass is 16.2. The van der Waals surface area contributed by atoms with Crippen molar-refractivity contribution in [1.29, 1.82) is 0 Å². The van der Waals surface area contributed by atoms with Crippen molar-refractivity contribution in [2.75, 3.05) is 18.4 Å². The predicted molar refractivity (Wildman–Crippen MR) is 120 cm³/mol. The lowest BCUT2D eigenvalue weighted by molar-refractivity contribution is -0.136. The van der Waals surface area contributed by atoms with Crippen LogP contribution in [0.1, 0.15) is 28.3 Å². The Bertz CT molecular complexity index is 1050. The molecular formula is C25H26N4O2. The number of pyridine rings is 1. The van der Waals surface area contributed by atoms with Gasteiger partial charge in [-0.2, -0.15) is 0 Å². The topological polar surface area (TPSA) is 74.3 Å². The van der Waals surface area contributed by atoms with Gasteiger partial charge in [0.2, 0.25) is 0 Å². The molecule has 1 atom stereocenters. The third-order valence-corrected chi connectivity index (χ3v) is 5.64.